The van der Waals surface area contributed by atoms with Crippen molar-refractivity contribution >= 4 is 0 Å². The van der Waals surface area contributed by atoms with Crippen LogP contribution in [0.3, 0.4) is 0 Å². The first-order valence-electron chi connectivity index (χ1n) is 28.3. The fourth-order valence-corrected chi connectivity index (χ4v) is 15.6. The summed E-state index contributed by atoms with van der Waals surface area (Å²) in [5.74, 6) is 3.67. The van der Waals surface area contributed by atoms with Crippen LogP contribution in [-0.4, -0.2) is 73.7 Å². The molecule has 9 fully saturated rings. The SMILES string of the molecule is [Cu].c1ccc(COC2CCC3C4NC5NC(NC6NC(NC7NC(NC(N4)C3C2)C2CCC(OCc3ccccc3)CC72)C2CCC(OCc3ccccc3)CC62)C2CC(OCc3ccccc3)CCC52)cc1. The van der Waals surface area contributed by atoms with Gasteiger partial charge in [-0.05, 0) is 147 Å². The second-order valence-corrected chi connectivity index (χ2v) is 23.4. The molecule has 9 aliphatic rings. The molecule has 4 saturated carbocycles. The van der Waals surface area contributed by atoms with Gasteiger partial charge in [0.1, 0.15) is 0 Å². The van der Waals surface area contributed by atoms with Crippen LogP contribution >= 0.6 is 0 Å². The third-order valence-electron chi connectivity index (χ3n) is 19.2. The number of benzene rings is 4. The fourth-order valence-electron chi connectivity index (χ4n) is 15.6. The zero-order valence-corrected chi connectivity index (χ0v) is 43.3. The molecular weight excluding hydrogens is 960 g/mol. The van der Waals surface area contributed by atoms with E-state index in [0.29, 0.717) is 73.8 Å². The number of ether oxygens (including phenoxy) is 4. The second-order valence-electron chi connectivity index (χ2n) is 23.4. The normalized spacial score (nSPS) is 40.7. The monoisotopic (exact) mass is 1040 g/mol. The first kappa shape index (κ1) is 50.7. The molecule has 395 valence electrons. The van der Waals surface area contributed by atoms with Crippen molar-refractivity contribution < 1.29 is 36.0 Å². The molecule has 4 aliphatic carbocycles. The second kappa shape index (κ2) is 23.3. The van der Waals surface area contributed by atoms with Crippen LogP contribution in [0.15, 0.2) is 121 Å². The van der Waals surface area contributed by atoms with Gasteiger partial charge < -0.3 is 18.9 Å². The Bertz CT molecular complexity index is 2350. The smallest absolute Gasteiger partial charge is 0.0720 e. The van der Waals surface area contributed by atoms with Crippen molar-refractivity contribution in [1.82, 2.24) is 42.5 Å². The molecule has 4 aromatic rings. The predicted molar refractivity (Wildman–Crippen MR) is 279 cm³/mol. The maximum atomic E-state index is 6.79. The van der Waals surface area contributed by atoms with Crippen molar-refractivity contribution in [3.05, 3.63) is 144 Å². The summed E-state index contributed by atoms with van der Waals surface area (Å²) in [4.78, 5) is 0. The Morgan fingerprint density at radius 2 is 0.452 bits per heavy atom. The maximum Gasteiger partial charge on any atom is 0.0720 e. The number of hydrogen-bond acceptors (Lipinski definition) is 12. The van der Waals surface area contributed by atoms with E-state index in [1.165, 1.54) is 22.3 Å². The first-order valence-corrected chi connectivity index (χ1v) is 28.3. The molecule has 0 aromatic heterocycles. The summed E-state index contributed by atoms with van der Waals surface area (Å²) in [6.07, 6.45) is 15.3. The summed E-state index contributed by atoms with van der Waals surface area (Å²) < 4.78 is 27.2. The van der Waals surface area contributed by atoms with E-state index in [2.05, 4.69) is 164 Å². The van der Waals surface area contributed by atoms with Crippen molar-refractivity contribution in [2.75, 3.05) is 0 Å². The molecule has 5 saturated heterocycles. The first-order chi connectivity index (χ1) is 35.6. The van der Waals surface area contributed by atoms with Gasteiger partial charge in [0.2, 0.25) is 0 Å². The van der Waals surface area contributed by atoms with Gasteiger partial charge in [0.15, 0.2) is 0 Å². The van der Waals surface area contributed by atoms with E-state index in [1.54, 1.807) is 0 Å². The zero-order chi connectivity index (χ0) is 47.8. The molecule has 0 spiro atoms. The molecule has 20 unspecified atom stereocenters. The van der Waals surface area contributed by atoms with E-state index >= 15 is 0 Å². The minimum atomic E-state index is 0. The maximum absolute atomic E-state index is 6.79. The molecule has 4 aromatic carbocycles. The number of fused-ring (bicyclic) bond motifs is 20. The summed E-state index contributed by atoms with van der Waals surface area (Å²) in [5, 5.41) is 34.6. The summed E-state index contributed by atoms with van der Waals surface area (Å²) in [7, 11) is 0. The molecule has 1 radical (unpaired) electrons. The van der Waals surface area contributed by atoms with Gasteiger partial charge in [-0.15, -0.1) is 0 Å². The van der Waals surface area contributed by atoms with Gasteiger partial charge in [-0.2, -0.15) is 0 Å². The molecule has 8 bridgehead atoms. The topological polar surface area (TPSA) is 133 Å². The van der Waals surface area contributed by atoms with Crippen molar-refractivity contribution in [3.63, 3.8) is 0 Å². The van der Waals surface area contributed by atoms with E-state index in [9.17, 15) is 0 Å². The van der Waals surface area contributed by atoms with Gasteiger partial charge in [-0.3, -0.25) is 42.5 Å². The quantitative estimate of drug-likeness (QED) is 0.0674. The number of nitrogens with one attached hydrogen (secondary N) is 8. The Hall–Kier alpha value is -3.08. The van der Waals surface area contributed by atoms with Crippen LogP contribution in [-0.2, 0) is 62.4 Å². The molecule has 12 nitrogen and oxygen atoms in total. The van der Waals surface area contributed by atoms with Crippen LogP contribution in [0, 0.1) is 47.3 Å². The predicted octanol–water partition coefficient (Wildman–Crippen LogP) is 7.38. The average molecular weight is 1040 g/mol. The van der Waals surface area contributed by atoms with Gasteiger partial charge >= 0.3 is 0 Å². The molecule has 5 aliphatic heterocycles. The largest absolute Gasteiger partial charge is 0.374 e. The molecule has 5 heterocycles. The molecule has 20 atom stereocenters. The zero-order valence-electron chi connectivity index (χ0n) is 42.3. The molecule has 8 N–H and O–H groups in total. The summed E-state index contributed by atoms with van der Waals surface area (Å²) in [5.41, 5.74) is 5.00. The molecule has 0 amide bonds. The van der Waals surface area contributed by atoms with Crippen LogP contribution in [0.4, 0.5) is 0 Å². The summed E-state index contributed by atoms with van der Waals surface area (Å²) in [6.45, 7) is 2.67. The van der Waals surface area contributed by atoms with Crippen LogP contribution < -0.4 is 42.5 Å². The third kappa shape index (κ3) is 11.3. The summed E-state index contributed by atoms with van der Waals surface area (Å²) >= 11 is 0. The van der Waals surface area contributed by atoms with Crippen LogP contribution in [0.5, 0.6) is 0 Å². The Morgan fingerprint density at radius 3 is 0.658 bits per heavy atom. The Morgan fingerprint density at radius 1 is 0.260 bits per heavy atom. The Kier molecular flexibility index (Phi) is 16.2. The average Bonchev–Trinajstić information content (AvgIpc) is 4.17. The van der Waals surface area contributed by atoms with Gasteiger partial charge in [0.25, 0.3) is 0 Å². The minimum absolute atomic E-state index is 0. The van der Waals surface area contributed by atoms with Crippen molar-refractivity contribution in [3.8, 4) is 0 Å². The van der Waals surface area contributed by atoms with Crippen molar-refractivity contribution in [2.45, 2.75) is 177 Å². The van der Waals surface area contributed by atoms with Crippen molar-refractivity contribution in [2.24, 2.45) is 47.3 Å². The number of hydrogen-bond donors (Lipinski definition) is 8. The fraction of sp³-hybridized carbons (Fsp3) is 0.600. The van der Waals surface area contributed by atoms with E-state index in [0.717, 1.165) is 77.0 Å². The van der Waals surface area contributed by atoms with Crippen LogP contribution in [0.2, 0.25) is 0 Å². The van der Waals surface area contributed by atoms with Gasteiger partial charge in [0.05, 0.1) is 100 Å². The van der Waals surface area contributed by atoms with E-state index in [1.807, 2.05) is 0 Å². The molecule has 13 heteroatoms. The van der Waals surface area contributed by atoms with Gasteiger partial charge in [-0.1, -0.05) is 121 Å². The third-order valence-corrected chi connectivity index (χ3v) is 19.2. The molecular formula is C60H80CuN8O4. The standard InChI is InChI=1S/C60H80N8O4.Cu/c1-5-13-37(14-6-1)33-69-41-21-25-45-49(29-41)57-62-53(45)61-54-46-26-22-43(71-35-39-17-9-3-10-18-39)31-51(46)59(63-54)68-60-52-32-44(72-36-40-19-11-4-12-20-40)24-28-48(52)56(67-60)66-58-50-30-42(23-27-47(50)55(64-57)65-58)70-34-38-15-7-2-8-16-38;/h1-20,41-68H,21-36H2;. The van der Waals surface area contributed by atoms with Crippen molar-refractivity contribution in [1.29, 1.82) is 0 Å². The molecule has 13 rings (SSSR count). The van der Waals surface area contributed by atoms with Gasteiger partial charge in [0, 0.05) is 17.1 Å². The Balaban J connectivity index is 0.00000543. The Labute approximate surface area is 444 Å². The van der Waals surface area contributed by atoms with Crippen LogP contribution in [0.1, 0.15) is 99.3 Å². The number of rotatable bonds is 12. The van der Waals surface area contributed by atoms with E-state index < -0.39 is 0 Å². The minimum Gasteiger partial charge on any atom is -0.374 e. The molecule has 73 heavy (non-hydrogen) atoms. The van der Waals surface area contributed by atoms with E-state index in [4.69, 9.17) is 18.9 Å². The van der Waals surface area contributed by atoms with Crippen LogP contribution in [0.25, 0.3) is 0 Å². The van der Waals surface area contributed by atoms with Gasteiger partial charge in [-0.25, -0.2) is 0 Å². The summed E-state index contributed by atoms with van der Waals surface area (Å²) in [6, 6.07) is 42.9. The van der Waals surface area contributed by atoms with E-state index in [-0.39, 0.29) is 90.8 Å².